The van der Waals surface area contributed by atoms with Crippen LogP contribution in [0.15, 0.2) is 0 Å². The molecule has 0 atom stereocenters. The summed E-state index contributed by atoms with van der Waals surface area (Å²) < 4.78 is 0. The quantitative estimate of drug-likeness (QED) is 0.252. The van der Waals surface area contributed by atoms with Gasteiger partial charge in [-0.15, -0.1) is 0 Å². The molecule has 0 heterocycles. The van der Waals surface area contributed by atoms with Crippen LogP contribution in [0.1, 0.15) is 0 Å². The summed E-state index contributed by atoms with van der Waals surface area (Å²) in [4.78, 5) is 29.3. The van der Waals surface area contributed by atoms with Gasteiger partial charge in [-0.05, 0) is 0 Å². The normalized spacial score (nSPS) is 12.7. The molecule has 6 heavy (non-hydrogen) atoms. The van der Waals surface area contributed by atoms with Crippen molar-refractivity contribution in [2.45, 2.75) is 0 Å². The second-order valence-corrected chi connectivity index (χ2v) is 1.80. The van der Waals surface area contributed by atoms with E-state index in [1.807, 2.05) is 0 Å². The third kappa shape index (κ3) is 116. The maximum Gasteiger partial charge on any atom is 0 e. The zero-order chi connectivity index (χ0) is 4.50. The van der Waals surface area contributed by atoms with Crippen LogP contribution >= 0.6 is 8.17 Å². The summed E-state index contributed by atoms with van der Waals surface area (Å²) in [5.41, 5.74) is 0. The van der Waals surface area contributed by atoms with Gasteiger partial charge in [0.1, 0.15) is 0 Å². The molecule has 0 fully saturated rings. The SMILES string of the molecule is O[PH](O)(O)O.[Ni]. The van der Waals surface area contributed by atoms with E-state index < -0.39 is 8.17 Å². The van der Waals surface area contributed by atoms with Crippen LogP contribution in [0, 0.1) is 0 Å². The van der Waals surface area contributed by atoms with E-state index in [9.17, 15) is 0 Å². The molecular weight excluding hydrogens is 154 g/mol. The summed E-state index contributed by atoms with van der Waals surface area (Å²) in [6.07, 6.45) is 0. The van der Waals surface area contributed by atoms with Crippen LogP contribution in [-0.4, -0.2) is 19.6 Å². The van der Waals surface area contributed by atoms with Crippen molar-refractivity contribution in [2.75, 3.05) is 0 Å². The van der Waals surface area contributed by atoms with Crippen LogP contribution in [0.5, 0.6) is 0 Å². The van der Waals surface area contributed by atoms with Crippen LogP contribution in [0.25, 0.3) is 0 Å². The first-order valence-electron chi connectivity index (χ1n) is 0.894. The Morgan fingerprint density at radius 1 is 0.833 bits per heavy atom. The average Bonchev–Trinajstić information content (AvgIpc) is 0.722. The average molecular weight is 159 g/mol. The van der Waals surface area contributed by atoms with Crippen molar-refractivity contribution >= 4 is 8.17 Å². The fraction of sp³-hybridized carbons (Fsp3) is 0. The van der Waals surface area contributed by atoms with Gasteiger partial charge < -0.3 is 0 Å². The molecule has 0 amide bonds. The minimum absolute atomic E-state index is 0. The van der Waals surface area contributed by atoms with Gasteiger partial charge in [0.2, 0.25) is 0 Å². The van der Waals surface area contributed by atoms with Crippen molar-refractivity contribution in [1.82, 2.24) is 0 Å². The van der Waals surface area contributed by atoms with Crippen molar-refractivity contribution in [2.24, 2.45) is 0 Å². The second kappa shape index (κ2) is 2.86. The Hall–Kier alpha value is 0.764. The molecule has 0 aliphatic rings. The zero-order valence-corrected chi connectivity index (χ0v) is 4.59. The fourth-order valence-corrected chi connectivity index (χ4v) is 0. The second-order valence-electron chi connectivity index (χ2n) is 0.600. The molecule has 4 N–H and O–H groups in total. The van der Waals surface area contributed by atoms with Gasteiger partial charge >= 0.3 is 27.7 Å². The van der Waals surface area contributed by atoms with Gasteiger partial charge in [-0.2, -0.15) is 0 Å². The van der Waals surface area contributed by atoms with Crippen LogP contribution < -0.4 is 0 Å². The van der Waals surface area contributed by atoms with E-state index in [-0.39, 0.29) is 16.5 Å². The molecule has 0 radical (unpaired) electrons. The van der Waals surface area contributed by atoms with Crippen LogP contribution in [0.4, 0.5) is 0 Å². The smallest absolute Gasteiger partial charge is 0 e. The van der Waals surface area contributed by atoms with Gasteiger partial charge in [-0.25, -0.2) is 0 Å². The first-order valence-corrected chi connectivity index (χ1v) is 2.68. The van der Waals surface area contributed by atoms with Crippen molar-refractivity contribution in [3.8, 4) is 0 Å². The first-order chi connectivity index (χ1) is 2.00. The summed E-state index contributed by atoms with van der Waals surface area (Å²) in [6.45, 7) is 0. The van der Waals surface area contributed by atoms with E-state index in [0.717, 1.165) is 0 Å². The molecule has 0 bridgehead atoms. The van der Waals surface area contributed by atoms with Gasteiger partial charge in [0, 0.05) is 16.5 Å². The van der Waals surface area contributed by atoms with E-state index in [1.165, 1.54) is 0 Å². The summed E-state index contributed by atoms with van der Waals surface area (Å²) >= 11 is 0. The number of rotatable bonds is 0. The summed E-state index contributed by atoms with van der Waals surface area (Å²) in [6, 6.07) is 0. The minimum Gasteiger partial charge on any atom is 0 e. The molecule has 0 aliphatic carbocycles. The fourth-order valence-electron chi connectivity index (χ4n) is 0. The van der Waals surface area contributed by atoms with Crippen LogP contribution in [0.3, 0.4) is 0 Å². The molecule has 0 unspecified atom stereocenters. The maximum absolute atomic E-state index is 7.33. The Morgan fingerprint density at radius 3 is 0.833 bits per heavy atom. The Bertz CT molecular complexity index is 23.0. The molecule has 0 saturated heterocycles. The Kier molecular flexibility index (Phi) is 4.72. The molecule has 0 aromatic carbocycles. The van der Waals surface area contributed by atoms with Gasteiger partial charge in [0.05, 0.1) is 0 Å². The maximum atomic E-state index is 7.33. The van der Waals surface area contributed by atoms with E-state index in [0.29, 0.717) is 0 Å². The molecule has 4 nitrogen and oxygen atoms in total. The van der Waals surface area contributed by atoms with Gasteiger partial charge in [-0.3, -0.25) is 0 Å². The molecule has 6 heteroatoms. The minimum atomic E-state index is -4.61. The molecule has 0 rings (SSSR count). The topological polar surface area (TPSA) is 80.9 Å². The molecule has 0 aliphatic heterocycles. The summed E-state index contributed by atoms with van der Waals surface area (Å²) in [5, 5.41) is 0. The van der Waals surface area contributed by atoms with E-state index in [2.05, 4.69) is 0 Å². The molecule has 0 aromatic rings. The van der Waals surface area contributed by atoms with Gasteiger partial charge in [0.25, 0.3) is 0 Å². The third-order valence-electron chi connectivity index (χ3n) is 0. The predicted octanol–water partition coefficient (Wildman–Crippen LogP) is -1.64. The van der Waals surface area contributed by atoms with Crippen LogP contribution in [-0.2, 0) is 16.5 Å². The molecule has 0 spiro atoms. The van der Waals surface area contributed by atoms with Crippen LogP contribution in [0.2, 0.25) is 0 Å². The largest absolute Gasteiger partial charge is 0 e. The Balaban J connectivity index is 0. The molecular formula is H5NiO4P. The third-order valence-corrected chi connectivity index (χ3v) is 0. The van der Waals surface area contributed by atoms with E-state index in [4.69, 9.17) is 19.6 Å². The predicted molar refractivity (Wildman–Crippen MR) is 17.2 cm³/mol. The monoisotopic (exact) mass is 158 g/mol. The molecule has 44 valence electrons. The molecule has 0 aromatic heterocycles. The zero-order valence-electron chi connectivity index (χ0n) is 2.61. The van der Waals surface area contributed by atoms with Crippen molar-refractivity contribution in [3.05, 3.63) is 0 Å². The van der Waals surface area contributed by atoms with Crippen molar-refractivity contribution in [3.63, 3.8) is 0 Å². The Morgan fingerprint density at radius 2 is 0.833 bits per heavy atom. The van der Waals surface area contributed by atoms with Crippen molar-refractivity contribution < 1.29 is 36.1 Å². The van der Waals surface area contributed by atoms with Gasteiger partial charge in [-0.1, -0.05) is 0 Å². The molecule has 0 saturated carbocycles. The standard InChI is InChI=1S/Ni.H5O4P/c;1-5(2,3)4/h;1-5H. The first kappa shape index (κ1) is 9.90. The van der Waals surface area contributed by atoms with E-state index in [1.54, 1.807) is 0 Å². The Labute approximate surface area is 45.0 Å². The number of hydrogen-bond acceptors (Lipinski definition) is 4. The summed E-state index contributed by atoms with van der Waals surface area (Å²) in [7, 11) is -4.61. The van der Waals surface area contributed by atoms with Gasteiger partial charge in [0.15, 0.2) is 0 Å². The summed E-state index contributed by atoms with van der Waals surface area (Å²) in [5.74, 6) is 0. The number of hydrogen-bond donors (Lipinski definition) is 4. The van der Waals surface area contributed by atoms with E-state index >= 15 is 0 Å². The van der Waals surface area contributed by atoms with Crippen molar-refractivity contribution in [1.29, 1.82) is 0 Å².